The molecule has 4 heteroatoms. The van der Waals surface area contributed by atoms with Crippen LogP contribution in [0.3, 0.4) is 0 Å². The molecule has 1 rings (SSSR count). The second-order valence-corrected chi connectivity index (χ2v) is 5.02. The van der Waals surface area contributed by atoms with Gasteiger partial charge in [0.2, 0.25) is 0 Å². The number of aryl methyl sites for hydroxylation is 1. The fraction of sp³-hybridized carbons (Fsp3) is 0.533. The lowest BCUT2D eigenvalue weighted by Gasteiger charge is -2.10. The first-order valence-electron chi connectivity index (χ1n) is 6.80. The van der Waals surface area contributed by atoms with E-state index in [0.29, 0.717) is 13.0 Å². The Bertz CT molecular complexity index is 378. The van der Waals surface area contributed by atoms with Crippen LogP contribution in [0.5, 0.6) is 0 Å². The Labute approximate surface area is 120 Å². The molecule has 0 saturated carbocycles. The summed E-state index contributed by atoms with van der Waals surface area (Å²) >= 11 is 5.83. The second-order valence-electron chi connectivity index (χ2n) is 4.58. The molecule has 0 aromatic heterocycles. The molecule has 0 aliphatic carbocycles. The van der Waals surface area contributed by atoms with Crippen molar-refractivity contribution < 1.29 is 9.53 Å². The molecule has 0 aliphatic rings. The Balaban J connectivity index is 2.11. The topological polar surface area (TPSA) is 52.3 Å². The summed E-state index contributed by atoms with van der Waals surface area (Å²) < 4.78 is 4.86. The van der Waals surface area contributed by atoms with Gasteiger partial charge in [-0.3, -0.25) is 4.79 Å². The summed E-state index contributed by atoms with van der Waals surface area (Å²) in [7, 11) is 0. The summed E-state index contributed by atoms with van der Waals surface area (Å²) in [4.78, 5) is 11.3. The molecule has 1 aromatic carbocycles. The third-order valence-corrected chi connectivity index (χ3v) is 3.24. The Hall–Kier alpha value is -1.06. The maximum atomic E-state index is 11.3. The molecule has 1 aromatic rings. The summed E-state index contributed by atoms with van der Waals surface area (Å²) in [6.07, 6.45) is 4.84. The highest BCUT2D eigenvalue weighted by Gasteiger charge is 2.13. The number of hydrogen-bond acceptors (Lipinski definition) is 3. The average Bonchev–Trinajstić information content (AvgIpc) is 2.40. The molecule has 0 amide bonds. The van der Waals surface area contributed by atoms with Crippen molar-refractivity contribution >= 4 is 17.6 Å². The van der Waals surface area contributed by atoms with Crippen LogP contribution in [0, 0.1) is 0 Å². The molecule has 0 aliphatic heterocycles. The van der Waals surface area contributed by atoms with Gasteiger partial charge < -0.3 is 10.5 Å². The first-order valence-corrected chi connectivity index (χ1v) is 7.18. The SMILES string of the molecule is CCOC(=O)C(N)CCCCCc1ccc(Cl)cc1. The van der Waals surface area contributed by atoms with Gasteiger partial charge >= 0.3 is 5.97 Å². The smallest absolute Gasteiger partial charge is 0.322 e. The standard InChI is InChI=1S/C15H22ClNO2/c1-2-19-15(18)14(17)7-5-3-4-6-12-8-10-13(16)11-9-12/h8-11,14H,2-7,17H2,1H3. The largest absolute Gasteiger partial charge is 0.465 e. The highest BCUT2D eigenvalue weighted by Crippen LogP contribution is 2.13. The van der Waals surface area contributed by atoms with Crippen molar-refractivity contribution in [2.24, 2.45) is 5.73 Å². The van der Waals surface area contributed by atoms with Gasteiger partial charge in [-0.25, -0.2) is 0 Å². The van der Waals surface area contributed by atoms with E-state index in [0.717, 1.165) is 30.7 Å². The Morgan fingerprint density at radius 1 is 1.26 bits per heavy atom. The molecule has 0 fully saturated rings. The number of halogens is 1. The van der Waals surface area contributed by atoms with Crippen LogP contribution < -0.4 is 5.73 Å². The van der Waals surface area contributed by atoms with E-state index < -0.39 is 6.04 Å². The van der Waals surface area contributed by atoms with Crippen LogP contribution in [-0.4, -0.2) is 18.6 Å². The highest BCUT2D eigenvalue weighted by molar-refractivity contribution is 6.30. The minimum absolute atomic E-state index is 0.291. The first kappa shape index (κ1) is 16.0. The van der Waals surface area contributed by atoms with Crippen molar-refractivity contribution in [1.29, 1.82) is 0 Å². The quantitative estimate of drug-likeness (QED) is 0.588. The molecule has 0 bridgehead atoms. The fourth-order valence-corrected chi connectivity index (χ4v) is 2.01. The molecular formula is C15H22ClNO2. The monoisotopic (exact) mass is 283 g/mol. The lowest BCUT2D eigenvalue weighted by atomic mass is 10.0. The highest BCUT2D eigenvalue weighted by atomic mass is 35.5. The summed E-state index contributed by atoms with van der Waals surface area (Å²) in [5.74, 6) is -0.291. The van der Waals surface area contributed by atoms with E-state index in [4.69, 9.17) is 22.1 Å². The predicted octanol–water partition coefficient (Wildman–Crippen LogP) is 3.33. The molecule has 0 heterocycles. The van der Waals surface area contributed by atoms with E-state index in [1.165, 1.54) is 5.56 Å². The summed E-state index contributed by atoms with van der Waals surface area (Å²) in [6, 6.07) is 7.44. The molecule has 19 heavy (non-hydrogen) atoms. The number of carbonyl (C=O) groups excluding carboxylic acids is 1. The van der Waals surface area contributed by atoms with Gasteiger partial charge in [0.1, 0.15) is 6.04 Å². The van der Waals surface area contributed by atoms with Crippen molar-refractivity contribution in [3.63, 3.8) is 0 Å². The number of rotatable bonds is 8. The summed E-state index contributed by atoms with van der Waals surface area (Å²) in [5, 5.41) is 0.768. The minimum atomic E-state index is -0.476. The van der Waals surface area contributed by atoms with Gasteiger partial charge in [-0.2, -0.15) is 0 Å². The number of esters is 1. The van der Waals surface area contributed by atoms with Gasteiger partial charge in [0.25, 0.3) is 0 Å². The van der Waals surface area contributed by atoms with Gasteiger partial charge in [-0.15, -0.1) is 0 Å². The number of ether oxygens (including phenoxy) is 1. The van der Waals surface area contributed by atoms with E-state index >= 15 is 0 Å². The van der Waals surface area contributed by atoms with Crippen LogP contribution in [0.25, 0.3) is 0 Å². The maximum absolute atomic E-state index is 11.3. The molecule has 1 atom stereocenters. The Morgan fingerprint density at radius 3 is 2.58 bits per heavy atom. The van der Waals surface area contributed by atoms with Crippen molar-refractivity contribution in [2.45, 2.75) is 45.1 Å². The molecule has 0 saturated heterocycles. The lowest BCUT2D eigenvalue weighted by Crippen LogP contribution is -2.32. The third-order valence-electron chi connectivity index (χ3n) is 2.98. The molecule has 3 nitrogen and oxygen atoms in total. The zero-order valence-electron chi connectivity index (χ0n) is 11.4. The van der Waals surface area contributed by atoms with Crippen molar-refractivity contribution in [3.05, 3.63) is 34.9 Å². The lowest BCUT2D eigenvalue weighted by molar-refractivity contribution is -0.144. The van der Waals surface area contributed by atoms with Crippen LogP contribution in [-0.2, 0) is 16.0 Å². The van der Waals surface area contributed by atoms with Gasteiger partial charge in [0.15, 0.2) is 0 Å². The normalized spacial score (nSPS) is 12.2. The Morgan fingerprint density at radius 2 is 1.95 bits per heavy atom. The molecule has 0 spiro atoms. The Kier molecular flexibility index (Phi) is 7.53. The zero-order chi connectivity index (χ0) is 14.1. The number of hydrogen-bond donors (Lipinski definition) is 1. The van der Waals surface area contributed by atoms with Crippen LogP contribution in [0.4, 0.5) is 0 Å². The zero-order valence-corrected chi connectivity index (χ0v) is 12.2. The van der Waals surface area contributed by atoms with Gasteiger partial charge in [-0.1, -0.05) is 36.6 Å². The van der Waals surface area contributed by atoms with E-state index in [1.807, 2.05) is 24.3 Å². The van der Waals surface area contributed by atoms with E-state index in [-0.39, 0.29) is 5.97 Å². The van der Waals surface area contributed by atoms with Crippen molar-refractivity contribution in [2.75, 3.05) is 6.61 Å². The van der Waals surface area contributed by atoms with Crippen LogP contribution in [0.2, 0.25) is 5.02 Å². The summed E-state index contributed by atoms with van der Waals surface area (Å²) in [5.41, 5.74) is 7.01. The maximum Gasteiger partial charge on any atom is 0.322 e. The van der Waals surface area contributed by atoms with Gasteiger partial charge in [0.05, 0.1) is 6.61 Å². The van der Waals surface area contributed by atoms with E-state index in [2.05, 4.69) is 0 Å². The molecular weight excluding hydrogens is 262 g/mol. The average molecular weight is 284 g/mol. The molecule has 1 unspecified atom stereocenters. The first-order chi connectivity index (χ1) is 9.13. The van der Waals surface area contributed by atoms with Gasteiger partial charge in [0, 0.05) is 5.02 Å². The molecule has 106 valence electrons. The van der Waals surface area contributed by atoms with Crippen molar-refractivity contribution in [3.8, 4) is 0 Å². The number of unbranched alkanes of at least 4 members (excludes halogenated alkanes) is 2. The number of nitrogens with two attached hydrogens (primary N) is 1. The molecule has 0 radical (unpaired) electrons. The summed E-state index contributed by atoms with van der Waals surface area (Å²) in [6.45, 7) is 2.18. The predicted molar refractivity (Wildman–Crippen MR) is 78.2 cm³/mol. The number of carbonyl (C=O) groups is 1. The fourth-order valence-electron chi connectivity index (χ4n) is 1.89. The van der Waals surface area contributed by atoms with E-state index in [1.54, 1.807) is 6.92 Å². The van der Waals surface area contributed by atoms with Gasteiger partial charge in [-0.05, 0) is 43.9 Å². The van der Waals surface area contributed by atoms with Crippen molar-refractivity contribution in [1.82, 2.24) is 0 Å². The van der Waals surface area contributed by atoms with Crippen LogP contribution >= 0.6 is 11.6 Å². The number of benzene rings is 1. The van der Waals surface area contributed by atoms with Crippen LogP contribution in [0.1, 0.15) is 38.2 Å². The second kappa shape index (κ2) is 8.94. The minimum Gasteiger partial charge on any atom is -0.465 e. The molecule has 2 N–H and O–H groups in total. The van der Waals surface area contributed by atoms with Crippen LogP contribution in [0.15, 0.2) is 24.3 Å². The van der Waals surface area contributed by atoms with E-state index in [9.17, 15) is 4.79 Å². The third kappa shape index (κ3) is 6.60.